The van der Waals surface area contributed by atoms with Gasteiger partial charge in [0.15, 0.2) is 0 Å². The second-order valence-corrected chi connectivity index (χ2v) is 6.46. The van der Waals surface area contributed by atoms with Crippen molar-refractivity contribution in [2.75, 3.05) is 24.6 Å². The Morgan fingerprint density at radius 3 is 2.65 bits per heavy atom. The molecule has 1 atom stereocenters. The van der Waals surface area contributed by atoms with E-state index in [0.29, 0.717) is 25.3 Å². The molecule has 2 aromatic rings. The van der Waals surface area contributed by atoms with Gasteiger partial charge < -0.3 is 14.5 Å². The van der Waals surface area contributed by atoms with E-state index < -0.39 is 6.04 Å². The van der Waals surface area contributed by atoms with Crippen molar-refractivity contribution in [2.45, 2.75) is 26.8 Å². The normalized spacial score (nSPS) is 17.3. The Bertz CT molecular complexity index is 818. The number of nitrogens with zero attached hydrogens (tertiary/aromatic N) is 2. The van der Waals surface area contributed by atoms with Crippen molar-refractivity contribution >= 4 is 17.5 Å². The van der Waals surface area contributed by atoms with E-state index in [1.165, 1.54) is 0 Å². The molecule has 1 fully saturated rings. The van der Waals surface area contributed by atoms with Crippen LogP contribution in [0.3, 0.4) is 0 Å². The first-order valence-electron chi connectivity index (χ1n) is 8.93. The number of amides is 2. The summed E-state index contributed by atoms with van der Waals surface area (Å²) in [7, 11) is 0. The second-order valence-electron chi connectivity index (χ2n) is 6.46. The molecular weight excluding hydrogens is 328 g/mol. The highest BCUT2D eigenvalue weighted by Gasteiger charge is 2.35. The predicted octanol–water partition coefficient (Wildman–Crippen LogP) is 3.27. The quantitative estimate of drug-likeness (QED) is 0.848. The van der Waals surface area contributed by atoms with E-state index in [0.717, 1.165) is 17.0 Å². The van der Waals surface area contributed by atoms with Gasteiger partial charge in [-0.15, -0.1) is 0 Å². The molecule has 0 saturated carbocycles. The fourth-order valence-corrected chi connectivity index (χ4v) is 3.26. The molecular formula is C21H24N2O3. The third kappa shape index (κ3) is 3.57. The summed E-state index contributed by atoms with van der Waals surface area (Å²) in [4.78, 5) is 29.1. The van der Waals surface area contributed by atoms with Gasteiger partial charge in [-0.25, -0.2) is 0 Å². The van der Waals surface area contributed by atoms with Crippen molar-refractivity contribution in [2.24, 2.45) is 0 Å². The van der Waals surface area contributed by atoms with E-state index in [-0.39, 0.29) is 11.8 Å². The smallest absolute Gasteiger partial charge is 0.254 e. The van der Waals surface area contributed by atoms with Crippen molar-refractivity contribution in [3.05, 3.63) is 59.7 Å². The minimum atomic E-state index is -0.507. The largest absolute Gasteiger partial charge is 0.494 e. The Labute approximate surface area is 154 Å². The molecule has 5 heteroatoms. The van der Waals surface area contributed by atoms with Crippen LogP contribution < -0.4 is 9.64 Å². The monoisotopic (exact) mass is 352 g/mol. The van der Waals surface area contributed by atoms with Crippen LogP contribution in [0.1, 0.15) is 29.8 Å². The maximum absolute atomic E-state index is 12.9. The lowest BCUT2D eigenvalue weighted by Gasteiger charge is -2.39. The van der Waals surface area contributed by atoms with Crippen molar-refractivity contribution in [3.8, 4) is 5.75 Å². The number of aryl methyl sites for hydroxylation is 1. The highest BCUT2D eigenvalue weighted by Crippen LogP contribution is 2.25. The van der Waals surface area contributed by atoms with Crippen LogP contribution in [0.25, 0.3) is 0 Å². The predicted molar refractivity (Wildman–Crippen MR) is 102 cm³/mol. The zero-order valence-corrected chi connectivity index (χ0v) is 15.4. The topological polar surface area (TPSA) is 49.9 Å². The number of hydrogen-bond acceptors (Lipinski definition) is 3. The zero-order valence-electron chi connectivity index (χ0n) is 15.4. The molecule has 0 bridgehead atoms. The number of carbonyl (C=O) groups excluding carboxylic acids is 2. The van der Waals surface area contributed by atoms with Gasteiger partial charge in [0.25, 0.3) is 5.91 Å². The molecule has 26 heavy (non-hydrogen) atoms. The van der Waals surface area contributed by atoms with Crippen molar-refractivity contribution < 1.29 is 14.3 Å². The molecule has 1 saturated heterocycles. The average molecular weight is 352 g/mol. The molecule has 136 valence electrons. The average Bonchev–Trinajstić information content (AvgIpc) is 2.64. The lowest BCUT2D eigenvalue weighted by Crippen LogP contribution is -2.57. The first-order valence-corrected chi connectivity index (χ1v) is 8.93. The number of hydrogen-bond donors (Lipinski definition) is 0. The number of rotatable bonds is 4. The number of ether oxygens (including phenoxy) is 1. The summed E-state index contributed by atoms with van der Waals surface area (Å²) < 4.78 is 5.53. The van der Waals surface area contributed by atoms with Crippen LogP contribution in [0.5, 0.6) is 5.75 Å². The summed E-state index contributed by atoms with van der Waals surface area (Å²) in [6.45, 7) is 7.21. The summed E-state index contributed by atoms with van der Waals surface area (Å²) in [5.74, 6) is 0.562. The molecule has 1 aliphatic heterocycles. The number of benzene rings is 2. The molecule has 0 radical (unpaired) electrons. The van der Waals surface area contributed by atoms with Crippen molar-refractivity contribution in [1.29, 1.82) is 0 Å². The van der Waals surface area contributed by atoms with Crippen LogP contribution >= 0.6 is 0 Å². The van der Waals surface area contributed by atoms with E-state index >= 15 is 0 Å². The molecule has 3 rings (SSSR count). The molecule has 1 unspecified atom stereocenters. The summed E-state index contributed by atoms with van der Waals surface area (Å²) >= 11 is 0. The SMILES string of the molecule is CCOc1cccc(N2CCN(C(=O)c3cccc(C)c3)C(C)C2=O)c1. The Hall–Kier alpha value is -2.82. The first kappa shape index (κ1) is 18.0. The molecule has 5 nitrogen and oxygen atoms in total. The Balaban J connectivity index is 1.78. The molecule has 2 amide bonds. The van der Waals surface area contributed by atoms with Gasteiger partial charge >= 0.3 is 0 Å². The Morgan fingerprint density at radius 2 is 1.92 bits per heavy atom. The van der Waals surface area contributed by atoms with Gasteiger partial charge in [0.05, 0.1) is 6.61 Å². The van der Waals surface area contributed by atoms with E-state index in [2.05, 4.69) is 0 Å². The molecule has 0 aliphatic carbocycles. The van der Waals surface area contributed by atoms with E-state index in [4.69, 9.17) is 4.74 Å². The summed E-state index contributed by atoms with van der Waals surface area (Å²) in [6, 6.07) is 14.5. The zero-order chi connectivity index (χ0) is 18.7. The van der Waals surface area contributed by atoms with Gasteiger partial charge in [0.2, 0.25) is 5.91 Å². The van der Waals surface area contributed by atoms with Crippen LogP contribution in [0.15, 0.2) is 48.5 Å². The number of carbonyl (C=O) groups is 2. The highest BCUT2D eigenvalue weighted by molar-refractivity contribution is 6.03. The molecule has 0 spiro atoms. The molecule has 0 N–H and O–H groups in total. The highest BCUT2D eigenvalue weighted by atomic mass is 16.5. The van der Waals surface area contributed by atoms with Crippen LogP contribution in [-0.2, 0) is 4.79 Å². The maximum atomic E-state index is 12.9. The lowest BCUT2D eigenvalue weighted by molar-refractivity contribution is -0.124. The molecule has 0 aromatic heterocycles. The molecule has 1 heterocycles. The Kier molecular flexibility index (Phi) is 5.26. The van der Waals surface area contributed by atoms with Crippen molar-refractivity contribution in [1.82, 2.24) is 4.90 Å². The van der Waals surface area contributed by atoms with Gasteiger partial charge in [-0.2, -0.15) is 0 Å². The maximum Gasteiger partial charge on any atom is 0.254 e. The summed E-state index contributed by atoms with van der Waals surface area (Å²) in [5, 5.41) is 0. The molecule has 1 aliphatic rings. The van der Waals surface area contributed by atoms with Crippen molar-refractivity contribution in [3.63, 3.8) is 0 Å². The fourth-order valence-electron chi connectivity index (χ4n) is 3.26. The summed E-state index contributed by atoms with van der Waals surface area (Å²) in [5.41, 5.74) is 2.45. The minimum absolute atomic E-state index is 0.0779. The van der Waals surface area contributed by atoms with Gasteiger partial charge in [-0.3, -0.25) is 9.59 Å². The number of anilines is 1. The van der Waals surface area contributed by atoms with Gasteiger partial charge in [0.1, 0.15) is 11.8 Å². The van der Waals surface area contributed by atoms with Gasteiger partial charge in [-0.05, 0) is 45.0 Å². The van der Waals surface area contributed by atoms with Gasteiger partial charge in [-0.1, -0.05) is 23.8 Å². The third-order valence-corrected chi connectivity index (χ3v) is 4.62. The minimum Gasteiger partial charge on any atom is -0.494 e. The van der Waals surface area contributed by atoms with Crippen LogP contribution in [0.4, 0.5) is 5.69 Å². The lowest BCUT2D eigenvalue weighted by atomic mass is 10.1. The third-order valence-electron chi connectivity index (χ3n) is 4.62. The number of piperazine rings is 1. The standard InChI is InChI=1S/C21H24N2O3/c1-4-26-19-10-6-9-18(14-19)23-12-11-22(16(3)20(23)24)21(25)17-8-5-7-15(2)13-17/h5-10,13-14,16H,4,11-12H2,1-3H3. The van der Waals surface area contributed by atoms with Crippen LogP contribution in [0.2, 0.25) is 0 Å². The Morgan fingerprint density at radius 1 is 1.15 bits per heavy atom. The fraction of sp³-hybridized carbons (Fsp3) is 0.333. The first-order chi connectivity index (χ1) is 12.5. The van der Waals surface area contributed by atoms with E-state index in [1.54, 1.807) is 22.8 Å². The van der Waals surface area contributed by atoms with Crippen LogP contribution in [0, 0.1) is 6.92 Å². The van der Waals surface area contributed by atoms with E-state index in [9.17, 15) is 9.59 Å². The summed E-state index contributed by atoms with van der Waals surface area (Å²) in [6.07, 6.45) is 0. The van der Waals surface area contributed by atoms with E-state index in [1.807, 2.05) is 56.3 Å². The van der Waals surface area contributed by atoms with Crippen LogP contribution in [-0.4, -0.2) is 42.5 Å². The molecule has 2 aromatic carbocycles. The second kappa shape index (κ2) is 7.60. The van der Waals surface area contributed by atoms with Gasteiger partial charge in [0, 0.05) is 30.4 Å².